The molecule has 1 aliphatic heterocycles. The fourth-order valence-corrected chi connectivity index (χ4v) is 2.94. The molecule has 1 amide bonds. The quantitative estimate of drug-likeness (QED) is 0.619. The van der Waals surface area contributed by atoms with Crippen LogP contribution in [0.1, 0.15) is 24.5 Å². The Morgan fingerprint density at radius 2 is 1.92 bits per heavy atom. The number of thiocarbonyl (C=S) groups is 1. The average Bonchev–Trinajstić information content (AvgIpc) is 2.90. The summed E-state index contributed by atoms with van der Waals surface area (Å²) in [4.78, 5) is 14.0. The highest BCUT2D eigenvalue weighted by Crippen LogP contribution is 2.24. The van der Waals surface area contributed by atoms with Crippen molar-refractivity contribution in [3.05, 3.63) is 71.2 Å². The molecule has 1 saturated heterocycles. The summed E-state index contributed by atoms with van der Waals surface area (Å²) in [7, 11) is 0. The van der Waals surface area contributed by atoms with E-state index in [1.807, 2.05) is 25.1 Å². The van der Waals surface area contributed by atoms with Gasteiger partial charge in [-0.1, -0.05) is 43.3 Å². The predicted octanol–water partition coefficient (Wildman–Crippen LogP) is 3.87. The highest BCUT2D eigenvalue weighted by molar-refractivity contribution is 7.80. The largest absolute Gasteiger partial charge is 0.488 e. The first-order valence-electron chi connectivity index (χ1n) is 8.40. The Hall–Kier alpha value is -2.73. The molecule has 0 radical (unpaired) electrons. The number of nitrogens with zero attached hydrogens (tertiary/aromatic N) is 1. The first-order chi connectivity index (χ1) is 12.6. The third kappa shape index (κ3) is 3.91. The molecular formula is C20H19FN2O2S. The van der Waals surface area contributed by atoms with Crippen LogP contribution in [-0.2, 0) is 11.4 Å². The second kappa shape index (κ2) is 8.10. The lowest BCUT2D eigenvalue weighted by molar-refractivity contribution is -0.122. The fourth-order valence-electron chi connectivity index (χ4n) is 2.66. The van der Waals surface area contributed by atoms with Gasteiger partial charge in [-0.2, -0.15) is 0 Å². The number of hydrogen-bond acceptors (Lipinski definition) is 3. The summed E-state index contributed by atoms with van der Waals surface area (Å²) < 4.78 is 19.5. The van der Waals surface area contributed by atoms with Gasteiger partial charge in [0, 0.05) is 17.7 Å². The molecule has 134 valence electrons. The second-order valence-electron chi connectivity index (χ2n) is 5.86. The minimum atomic E-state index is -0.309. The van der Waals surface area contributed by atoms with E-state index in [4.69, 9.17) is 17.0 Å². The number of nitrogens with one attached hydrogen (secondary N) is 1. The van der Waals surface area contributed by atoms with Gasteiger partial charge < -0.3 is 10.1 Å². The van der Waals surface area contributed by atoms with E-state index < -0.39 is 0 Å². The van der Waals surface area contributed by atoms with Gasteiger partial charge in [-0.25, -0.2) is 4.39 Å². The van der Waals surface area contributed by atoms with Crippen molar-refractivity contribution >= 4 is 29.3 Å². The molecule has 0 aromatic heterocycles. The zero-order valence-corrected chi connectivity index (χ0v) is 15.2. The van der Waals surface area contributed by atoms with Crippen molar-refractivity contribution in [3.63, 3.8) is 0 Å². The zero-order chi connectivity index (χ0) is 18.5. The number of benzene rings is 2. The summed E-state index contributed by atoms with van der Waals surface area (Å²) >= 11 is 5.22. The van der Waals surface area contributed by atoms with Crippen LogP contribution in [0.4, 0.5) is 4.39 Å². The zero-order valence-electron chi connectivity index (χ0n) is 14.4. The standard InChI is InChI=1S/C20H19FN2O2S/c1-2-11-23-19(24)17(22-20(23)26)12-14-7-4-6-10-18(14)25-13-15-8-3-5-9-16(15)21/h3-10,12H,2,11,13H2,1H3,(H,22,26). The first-order valence-corrected chi connectivity index (χ1v) is 8.80. The molecule has 26 heavy (non-hydrogen) atoms. The van der Waals surface area contributed by atoms with Crippen LogP contribution in [0.2, 0.25) is 0 Å². The minimum absolute atomic E-state index is 0.106. The number of halogens is 1. The maximum atomic E-state index is 13.8. The van der Waals surface area contributed by atoms with Crippen LogP contribution >= 0.6 is 12.2 Å². The van der Waals surface area contributed by atoms with Gasteiger partial charge in [0.1, 0.15) is 23.9 Å². The highest BCUT2D eigenvalue weighted by Gasteiger charge is 2.29. The topological polar surface area (TPSA) is 41.6 Å². The lowest BCUT2D eigenvalue weighted by atomic mass is 10.1. The Labute approximate surface area is 157 Å². The predicted molar refractivity (Wildman–Crippen MR) is 103 cm³/mol. The Kier molecular flexibility index (Phi) is 5.63. The first kappa shape index (κ1) is 18.1. The van der Waals surface area contributed by atoms with Crippen LogP contribution in [0.3, 0.4) is 0 Å². The van der Waals surface area contributed by atoms with E-state index in [9.17, 15) is 9.18 Å². The number of hydrogen-bond donors (Lipinski definition) is 1. The van der Waals surface area contributed by atoms with E-state index in [1.165, 1.54) is 6.07 Å². The maximum Gasteiger partial charge on any atom is 0.276 e. The molecule has 0 unspecified atom stereocenters. The molecule has 1 aliphatic rings. The maximum absolute atomic E-state index is 13.8. The number of carbonyl (C=O) groups excluding carboxylic acids is 1. The lowest BCUT2D eigenvalue weighted by Crippen LogP contribution is -2.31. The monoisotopic (exact) mass is 370 g/mol. The molecule has 3 rings (SSSR count). The number of carbonyl (C=O) groups is 1. The van der Waals surface area contributed by atoms with Gasteiger partial charge in [0.05, 0.1) is 0 Å². The third-order valence-electron chi connectivity index (χ3n) is 3.97. The molecule has 0 spiro atoms. The molecule has 0 atom stereocenters. The Morgan fingerprint density at radius 3 is 2.69 bits per heavy atom. The van der Waals surface area contributed by atoms with E-state index in [-0.39, 0.29) is 18.3 Å². The van der Waals surface area contributed by atoms with Crippen molar-refractivity contribution in [1.82, 2.24) is 10.2 Å². The van der Waals surface area contributed by atoms with Crippen LogP contribution in [0.25, 0.3) is 6.08 Å². The Morgan fingerprint density at radius 1 is 1.19 bits per heavy atom. The Balaban J connectivity index is 1.80. The minimum Gasteiger partial charge on any atom is -0.488 e. The van der Waals surface area contributed by atoms with Gasteiger partial charge >= 0.3 is 0 Å². The molecular weight excluding hydrogens is 351 g/mol. The lowest BCUT2D eigenvalue weighted by Gasteiger charge is -2.11. The summed E-state index contributed by atoms with van der Waals surface area (Å²) in [5.74, 6) is 0.106. The smallest absolute Gasteiger partial charge is 0.276 e. The molecule has 0 aliphatic carbocycles. The second-order valence-corrected chi connectivity index (χ2v) is 6.25. The van der Waals surface area contributed by atoms with Crippen molar-refractivity contribution in [2.24, 2.45) is 0 Å². The average molecular weight is 370 g/mol. The molecule has 6 heteroatoms. The number of ether oxygens (including phenoxy) is 1. The van der Waals surface area contributed by atoms with E-state index in [0.29, 0.717) is 28.7 Å². The SMILES string of the molecule is CCCN1C(=O)C(=Cc2ccccc2OCc2ccccc2F)NC1=S. The van der Waals surface area contributed by atoms with E-state index >= 15 is 0 Å². The Bertz CT molecular complexity index is 866. The molecule has 2 aromatic carbocycles. The molecule has 1 N–H and O–H groups in total. The van der Waals surface area contributed by atoms with Gasteiger partial charge in [0.2, 0.25) is 0 Å². The van der Waals surface area contributed by atoms with E-state index in [1.54, 1.807) is 35.2 Å². The molecule has 1 fully saturated rings. The summed E-state index contributed by atoms with van der Waals surface area (Å²) in [6.07, 6.45) is 2.53. The molecule has 0 saturated carbocycles. The van der Waals surface area contributed by atoms with Gasteiger partial charge in [-0.15, -0.1) is 0 Å². The van der Waals surface area contributed by atoms with Crippen molar-refractivity contribution in [1.29, 1.82) is 0 Å². The number of para-hydroxylation sites is 1. The van der Waals surface area contributed by atoms with Gasteiger partial charge in [0.25, 0.3) is 5.91 Å². The third-order valence-corrected chi connectivity index (χ3v) is 4.29. The van der Waals surface area contributed by atoms with Crippen molar-refractivity contribution in [3.8, 4) is 5.75 Å². The molecule has 2 aromatic rings. The van der Waals surface area contributed by atoms with Gasteiger partial charge in [-0.3, -0.25) is 9.69 Å². The number of amides is 1. The van der Waals surface area contributed by atoms with E-state index in [2.05, 4.69) is 5.32 Å². The van der Waals surface area contributed by atoms with Crippen LogP contribution < -0.4 is 10.1 Å². The molecule has 1 heterocycles. The summed E-state index contributed by atoms with van der Waals surface area (Å²) in [5.41, 5.74) is 1.60. The summed E-state index contributed by atoms with van der Waals surface area (Å²) in [6, 6.07) is 13.8. The van der Waals surface area contributed by atoms with Crippen LogP contribution in [0, 0.1) is 5.82 Å². The van der Waals surface area contributed by atoms with Crippen LogP contribution in [0.5, 0.6) is 5.75 Å². The van der Waals surface area contributed by atoms with Gasteiger partial charge in [0.15, 0.2) is 5.11 Å². The molecule has 0 bridgehead atoms. The normalized spacial score (nSPS) is 15.5. The summed E-state index contributed by atoms with van der Waals surface area (Å²) in [5, 5.41) is 3.36. The van der Waals surface area contributed by atoms with Crippen LogP contribution in [-0.4, -0.2) is 22.5 Å². The number of rotatable bonds is 6. The van der Waals surface area contributed by atoms with Crippen molar-refractivity contribution in [2.45, 2.75) is 20.0 Å². The summed E-state index contributed by atoms with van der Waals surface area (Å²) in [6.45, 7) is 2.67. The van der Waals surface area contributed by atoms with Crippen LogP contribution in [0.15, 0.2) is 54.2 Å². The van der Waals surface area contributed by atoms with Crippen molar-refractivity contribution < 1.29 is 13.9 Å². The van der Waals surface area contributed by atoms with Crippen molar-refractivity contribution in [2.75, 3.05) is 6.54 Å². The fraction of sp³-hybridized carbons (Fsp3) is 0.200. The van der Waals surface area contributed by atoms with E-state index in [0.717, 1.165) is 12.0 Å². The molecule has 4 nitrogen and oxygen atoms in total. The van der Waals surface area contributed by atoms with Gasteiger partial charge in [-0.05, 0) is 36.8 Å². The highest BCUT2D eigenvalue weighted by atomic mass is 32.1.